The summed E-state index contributed by atoms with van der Waals surface area (Å²) in [6.45, 7) is 3.10. The number of nitrogens with zero attached hydrogens (tertiary/aromatic N) is 2. The molecule has 0 amide bonds. The van der Waals surface area contributed by atoms with E-state index in [0.717, 1.165) is 38.5 Å². The van der Waals surface area contributed by atoms with Crippen molar-refractivity contribution in [2.75, 3.05) is 32.1 Å². The monoisotopic (exact) mass is 295 g/mol. The van der Waals surface area contributed by atoms with Gasteiger partial charge in [-0.3, -0.25) is 10.1 Å². The van der Waals surface area contributed by atoms with Gasteiger partial charge in [0, 0.05) is 18.7 Å². The summed E-state index contributed by atoms with van der Waals surface area (Å²) in [5, 5.41) is 14.1. The number of halogens is 1. The molecule has 3 aliphatic rings. The summed E-state index contributed by atoms with van der Waals surface area (Å²) in [6, 6.07) is 2.49. The zero-order valence-corrected chi connectivity index (χ0v) is 11.8. The molecule has 3 fully saturated rings. The Morgan fingerprint density at radius 1 is 1.43 bits per heavy atom. The highest BCUT2D eigenvalue weighted by Crippen LogP contribution is 2.35. The van der Waals surface area contributed by atoms with Gasteiger partial charge in [0.15, 0.2) is 11.6 Å². The zero-order valence-electron chi connectivity index (χ0n) is 11.8. The number of rotatable bonds is 4. The van der Waals surface area contributed by atoms with E-state index in [1.165, 1.54) is 13.2 Å². The van der Waals surface area contributed by atoms with Crippen LogP contribution in [-0.2, 0) is 0 Å². The maximum absolute atomic E-state index is 14.1. The van der Waals surface area contributed by atoms with E-state index in [9.17, 15) is 14.5 Å². The van der Waals surface area contributed by atoms with E-state index in [0.29, 0.717) is 5.92 Å². The first-order chi connectivity index (χ1) is 10.1. The van der Waals surface area contributed by atoms with Gasteiger partial charge in [-0.2, -0.15) is 0 Å². The summed E-state index contributed by atoms with van der Waals surface area (Å²) in [7, 11) is 1.35. The fraction of sp³-hybridized carbons (Fsp3) is 0.571. The third-order valence-electron chi connectivity index (χ3n) is 4.46. The molecule has 21 heavy (non-hydrogen) atoms. The van der Waals surface area contributed by atoms with Crippen molar-refractivity contribution in [3.8, 4) is 5.75 Å². The van der Waals surface area contributed by atoms with Gasteiger partial charge in [0.25, 0.3) is 0 Å². The zero-order chi connectivity index (χ0) is 15.0. The minimum atomic E-state index is -0.639. The summed E-state index contributed by atoms with van der Waals surface area (Å²) >= 11 is 0. The first kappa shape index (κ1) is 14.1. The number of methoxy groups -OCH3 is 1. The Kier molecular flexibility index (Phi) is 3.67. The third-order valence-corrected chi connectivity index (χ3v) is 4.46. The van der Waals surface area contributed by atoms with Crippen LogP contribution in [0.4, 0.5) is 15.8 Å². The molecule has 2 bridgehead atoms. The van der Waals surface area contributed by atoms with E-state index in [4.69, 9.17) is 4.74 Å². The van der Waals surface area contributed by atoms with Gasteiger partial charge in [-0.15, -0.1) is 0 Å². The Morgan fingerprint density at radius 2 is 2.14 bits per heavy atom. The Hall–Kier alpha value is -1.89. The number of ether oxygens (including phenoxy) is 1. The molecule has 0 aromatic heterocycles. The van der Waals surface area contributed by atoms with Gasteiger partial charge >= 0.3 is 5.69 Å². The second kappa shape index (κ2) is 5.48. The molecular weight excluding hydrogens is 277 g/mol. The van der Waals surface area contributed by atoms with Crippen LogP contribution in [0.1, 0.15) is 12.8 Å². The smallest absolute Gasteiger partial charge is 0.313 e. The average molecular weight is 295 g/mol. The van der Waals surface area contributed by atoms with Crippen molar-refractivity contribution in [3.05, 3.63) is 28.1 Å². The standard InChI is InChI=1S/C14H18FN3O3/c1-21-14-7-11(10(15)6-13(14)18(19)20)16-12-8-17-4-2-9(12)3-5-17/h6-7,9,12,16H,2-5,8H2,1H3. The quantitative estimate of drug-likeness (QED) is 0.681. The van der Waals surface area contributed by atoms with Crippen LogP contribution >= 0.6 is 0 Å². The molecule has 1 atom stereocenters. The first-order valence-electron chi connectivity index (χ1n) is 7.09. The molecule has 3 aliphatic heterocycles. The fourth-order valence-electron chi connectivity index (χ4n) is 3.29. The van der Waals surface area contributed by atoms with Crippen molar-refractivity contribution >= 4 is 11.4 Å². The van der Waals surface area contributed by atoms with Gasteiger partial charge in [-0.25, -0.2) is 4.39 Å². The Balaban J connectivity index is 1.84. The van der Waals surface area contributed by atoms with Crippen LogP contribution < -0.4 is 10.1 Å². The topological polar surface area (TPSA) is 67.6 Å². The molecule has 1 aromatic carbocycles. The van der Waals surface area contributed by atoms with E-state index < -0.39 is 10.7 Å². The van der Waals surface area contributed by atoms with Crippen LogP contribution in [0.25, 0.3) is 0 Å². The highest BCUT2D eigenvalue weighted by molar-refractivity contribution is 5.59. The lowest BCUT2D eigenvalue weighted by atomic mass is 9.84. The normalized spacial score (nSPS) is 27.4. The highest BCUT2D eigenvalue weighted by Gasteiger charge is 2.34. The number of piperidine rings is 3. The largest absolute Gasteiger partial charge is 0.490 e. The number of nitro benzene ring substituents is 1. The Bertz CT molecular complexity index is 559. The second-order valence-electron chi connectivity index (χ2n) is 5.65. The van der Waals surface area contributed by atoms with Crippen molar-refractivity contribution in [3.63, 3.8) is 0 Å². The second-order valence-corrected chi connectivity index (χ2v) is 5.65. The summed E-state index contributed by atoms with van der Waals surface area (Å²) in [6.07, 6.45) is 2.23. The fourth-order valence-corrected chi connectivity index (χ4v) is 3.29. The predicted molar refractivity (Wildman–Crippen MR) is 76.2 cm³/mol. The summed E-state index contributed by atoms with van der Waals surface area (Å²) < 4.78 is 19.1. The van der Waals surface area contributed by atoms with Crippen LogP contribution in [0.5, 0.6) is 5.75 Å². The van der Waals surface area contributed by atoms with Crippen LogP contribution in [0.3, 0.4) is 0 Å². The molecule has 1 aromatic rings. The van der Waals surface area contributed by atoms with Crippen molar-refractivity contribution in [1.29, 1.82) is 0 Å². The van der Waals surface area contributed by atoms with Crippen molar-refractivity contribution in [1.82, 2.24) is 4.90 Å². The molecular formula is C14H18FN3O3. The number of benzene rings is 1. The molecule has 1 unspecified atom stereocenters. The molecule has 114 valence electrons. The minimum Gasteiger partial charge on any atom is -0.490 e. The number of nitro groups is 1. The average Bonchev–Trinajstić information content (AvgIpc) is 2.50. The first-order valence-corrected chi connectivity index (χ1v) is 7.09. The van der Waals surface area contributed by atoms with Gasteiger partial charge in [0.1, 0.15) is 0 Å². The van der Waals surface area contributed by atoms with E-state index in [1.54, 1.807) is 0 Å². The molecule has 0 spiro atoms. The Morgan fingerprint density at radius 3 is 2.67 bits per heavy atom. The molecule has 6 nitrogen and oxygen atoms in total. The van der Waals surface area contributed by atoms with Crippen molar-refractivity contribution in [2.24, 2.45) is 5.92 Å². The van der Waals surface area contributed by atoms with E-state index in [1.807, 2.05) is 0 Å². The maximum atomic E-state index is 14.1. The van der Waals surface area contributed by atoms with Crippen LogP contribution in [0.15, 0.2) is 12.1 Å². The van der Waals surface area contributed by atoms with E-state index in [-0.39, 0.29) is 23.2 Å². The predicted octanol–water partition coefficient (Wildman–Crippen LogP) is 2.25. The van der Waals surface area contributed by atoms with Crippen molar-refractivity contribution < 1.29 is 14.1 Å². The Labute approximate surface area is 122 Å². The lowest BCUT2D eigenvalue weighted by Gasteiger charge is -2.45. The molecule has 7 heteroatoms. The van der Waals surface area contributed by atoms with Gasteiger partial charge in [0.05, 0.1) is 23.8 Å². The third kappa shape index (κ3) is 2.65. The molecule has 3 heterocycles. The molecule has 4 rings (SSSR count). The minimum absolute atomic E-state index is 0.0742. The molecule has 0 saturated carbocycles. The van der Waals surface area contributed by atoms with Crippen LogP contribution in [0.2, 0.25) is 0 Å². The molecule has 0 aliphatic carbocycles. The van der Waals surface area contributed by atoms with Gasteiger partial charge in [-0.05, 0) is 31.8 Å². The van der Waals surface area contributed by atoms with Gasteiger partial charge in [-0.1, -0.05) is 0 Å². The number of hydrogen-bond donors (Lipinski definition) is 1. The summed E-state index contributed by atoms with van der Waals surface area (Å²) in [4.78, 5) is 12.6. The lowest BCUT2D eigenvalue weighted by molar-refractivity contribution is -0.385. The lowest BCUT2D eigenvalue weighted by Crippen LogP contribution is -2.53. The number of nitrogens with one attached hydrogen (secondary N) is 1. The number of anilines is 1. The molecule has 0 radical (unpaired) electrons. The number of hydrogen-bond acceptors (Lipinski definition) is 5. The number of fused-ring (bicyclic) bond motifs is 3. The SMILES string of the molecule is COc1cc(NC2CN3CCC2CC3)c(F)cc1[N+](=O)[O-]. The van der Waals surface area contributed by atoms with Crippen molar-refractivity contribution in [2.45, 2.75) is 18.9 Å². The van der Waals surface area contributed by atoms with Crippen LogP contribution in [-0.4, -0.2) is 42.6 Å². The highest BCUT2D eigenvalue weighted by atomic mass is 19.1. The van der Waals surface area contributed by atoms with Crippen LogP contribution in [0, 0.1) is 21.8 Å². The molecule has 3 saturated heterocycles. The summed E-state index contributed by atoms with van der Waals surface area (Å²) in [5.41, 5.74) is -0.0781. The van der Waals surface area contributed by atoms with Gasteiger partial charge in [0.2, 0.25) is 0 Å². The van der Waals surface area contributed by atoms with E-state index >= 15 is 0 Å². The molecule has 1 N–H and O–H groups in total. The van der Waals surface area contributed by atoms with Gasteiger partial charge < -0.3 is 15.0 Å². The summed E-state index contributed by atoms with van der Waals surface area (Å²) in [5.74, 6) is -0.000270. The van der Waals surface area contributed by atoms with E-state index in [2.05, 4.69) is 10.2 Å². The maximum Gasteiger partial charge on any atom is 0.313 e.